The molecule has 2 amide bonds. The number of phosphoric acid groups is 3. The Hall–Kier alpha value is -1.43. The average molecular weight is 892 g/mol. The van der Waals surface area contributed by atoms with Crippen molar-refractivity contribution in [2.75, 3.05) is 37.8 Å². The van der Waals surface area contributed by atoms with E-state index in [9.17, 15) is 57.9 Å². The first-order chi connectivity index (χ1) is 26.1. The molecule has 0 spiro atoms. The molecule has 1 fully saturated rings. The van der Waals surface area contributed by atoms with Crippen molar-refractivity contribution in [3.8, 4) is 0 Å². The van der Waals surface area contributed by atoms with Crippen molar-refractivity contribution in [3.05, 3.63) is 48.5 Å². The number of benzene rings is 1. The molecule has 1 aliphatic rings. The van der Waals surface area contributed by atoms with Crippen LogP contribution in [0.2, 0.25) is 0 Å². The number of thioether (sulfide) groups is 1. The third kappa shape index (κ3) is 16.7. The van der Waals surface area contributed by atoms with Gasteiger partial charge in [-0.05, 0) is 0 Å². The van der Waals surface area contributed by atoms with Gasteiger partial charge in [0.15, 0.2) is 17.7 Å². The van der Waals surface area contributed by atoms with Gasteiger partial charge >= 0.3 is 23.5 Å². The number of hydrogen-bond acceptors (Lipinski definition) is 18. The van der Waals surface area contributed by atoms with Crippen LogP contribution in [0.3, 0.4) is 0 Å². The van der Waals surface area contributed by atoms with Crippen LogP contribution in [0, 0.1) is 5.41 Å². The number of nitrogen functional groups attached to an aromatic ring is 1. The molecule has 7 atom stereocenters. The van der Waals surface area contributed by atoms with Crippen LogP contribution in [0.4, 0.5) is 5.82 Å². The Balaban J connectivity index is 0.00000580. The fourth-order valence-corrected chi connectivity index (χ4v) is 8.45. The van der Waals surface area contributed by atoms with E-state index in [1.807, 2.05) is 0 Å². The molecule has 3 aromatic rings. The standard InChI is InChI=1S/C28H40N7O17P3S.3Li/c1-28(2,22(38)25(39)31-9-8-18(36)30-10-11-56-27(40)16-6-4-3-5-7-16)13-49-55(46,47)52-54(44,45)48-12-17-21(51-53(41,42)43)20(37)26(50-17)35-15-34-19-23(29)32-14-33-24(19)35;;;/h3-7,14-15,17,20-22,26,37-38H,8-13H2,1-2H3,(H,30,36)(H,31,39)(H,44,45)(H,46,47)(H2,29,32,33)(H2,41,42,43);;;/t17-,20-,21-,22+,26-;;;/m1.../s1. The van der Waals surface area contributed by atoms with Crippen LogP contribution in [0.5, 0.6) is 0 Å². The predicted octanol–water partition coefficient (Wildman–Crippen LogP) is -1.16. The molecule has 0 aliphatic carbocycles. The van der Waals surface area contributed by atoms with Crippen molar-refractivity contribution in [2.24, 2.45) is 5.41 Å². The summed E-state index contributed by atoms with van der Waals surface area (Å²) in [6.45, 7) is 0.448. The maximum absolute atomic E-state index is 12.7. The number of aliphatic hydroxyl groups excluding tert-OH is 2. The van der Waals surface area contributed by atoms with Crippen molar-refractivity contribution in [3.63, 3.8) is 0 Å². The number of rotatable bonds is 20. The summed E-state index contributed by atoms with van der Waals surface area (Å²) in [5.74, 6) is -1.17. The number of imidazole rings is 1. The van der Waals surface area contributed by atoms with Crippen LogP contribution < -0.4 is 16.4 Å². The molecule has 1 saturated heterocycles. The van der Waals surface area contributed by atoms with Crippen LogP contribution >= 0.6 is 35.2 Å². The maximum atomic E-state index is 12.7. The average Bonchev–Trinajstić information content (AvgIpc) is 3.68. The van der Waals surface area contributed by atoms with Gasteiger partial charge in [-0.15, -0.1) is 0 Å². The van der Waals surface area contributed by atoms with Gasteiger partial charge in [-0.2, -0.15) is 4.31 Å². The van der Waals surface area contributed by atoms with Gasteiger partial charge in [0.25, 0.3) is 0 Å². The number of nitrogens with one attached hydrogen (secondary N) is 2. The number of nitrogens with zero attached hydrogens (tertiary/aromatic N) is 4. The van der Waals surface area contributed by atoms with Crippen molar-refractivity contribution >= 4 is 126 Å². The molecule has 31 heteroatoms. The Morgan fingerprint density at radius 1 is 0.983 bits per heavy atom. The van der Waals surface area contributed by atoms with Crippen LogP contribution in [-0.2, 0) is 45.9 Å². The van der Waals surface area contributed by atoms with E-state index in [2.05, 4.69) is 34.4 Å². The minimum absolute atomic E-state index is 0. The number of phosphoric ester groups is 3. The Morgan fingerprint density at radius 3 is 2.27 bits per heavy atom. The minimum atomic E-state index is -5.57. The number of amides is 2. The van der Waals surface area contributed by atoms with Gasteiger partial charge in [-0.3, -0.25) is 32.5 Å². The second-order valence-corrected chi connectivity index (χ2v) is 17.9. The number of aromatic nitrogens is 4. The molecule has 3 heterocycles. The first-order valence-corrected chi connectivity index (χ1v) is 21.7. The zero-order valence-corrected chi connectivity index (χ0v) is 36.0. The quantitative estimate of drug-likeness (QED) is 0.0367. The largest absolute Gasteiger partial charge is 0.481 e. The molecular formula is C28H40Li3N7O17P3S. The number of hydrogen-bond donors (Lipinski definition) is 9. The normalized spacial score (nSPS) is 20.5. The Labute approximate surface area is 376 Å². The summed E-state index contributed by atoms with van der Waals surface area (Å²) in [5, 5.41) is 26.2. The van der Waals surface area contributed by atoms with Gasteiger partial charge < -0.3 is 50.9 Å². The van der Waals surface area contributed by atoms with Crippen LogP contribution in [0.25, 0.3) is 11.2 Å². The molecule has 24 nitrogen and oxygen atoms in total. The molecule has 1 aromatic carbocycles. The van der Waals surface area contributed by atoms with E-state index in [4.69, 9.17) is 19.5 Å². The number of nitrogens with two attached hydrogens (primary N) is 1. The number of carbonyl (C=O) groups excluding carboxylic acids is 3. The summed E-state index contributed by atoms with van der Waals surface area (Å²) in [7, 11) is -16.4. The van der Waals surface area contributed by atoms with Crippen molar-refractivity contribution in [2.45, 2.75) is 50.9 Å². The molecular weight excluding hydrogens is 852 g/mol. The molecule has 10 N–H and O–H groups in total. The SMILES string of the molecule is CC(C)(COP(=O)(O)OP(=O)(O)OC[C@H]1O[C@@H](n2cnc3c(N)ncnc32)[C@H](O)[C@@H]1OP(=O)(O)O)[C@@H](O)C(=O)NCCC(=O)NCCSC(=O)c1ccccc1.[Li].[Li].[Li]. The molecule has 313 valence electrons. The minimum Gasteiger partial charge on any atom is -0.386 e. The first kappa shape index (κ1) is 55.6. The van der Waals surface area contributed by atoms with Gasteiger partial charge in [0, 0.05) is 92.8 Å². The van der Waals surface area contributed by atoms with Gasteiger partial charge in [-0.25, -0.2) is 28.6 Å². The number of ether oxygens (including phenoxy) is 1. The van der Waals surface area contributed by atoms with E-state index in [1.165, 1.54) is 13.8 Å². The summed E-state index contributed by atoms with van der Waals surface area (Å²) >= 11 is 1.02. The molecule has 3 radical (unpaired) electrons. The van der Waals surface area contributed by atoms with Gasteiger partial charge in [0.05, 0.1) is 19.5 Å². The molecule has 2 aromatic heterocycles. The number of anilines is 1. The molecule has 0 bridgehead atoms. The maximum Gasteiger partial charge on any atom is 0.481 e. The Morgan fingerprint density at radius 2 is 1.63 bits per heavy atom. The smallest absolute Gasteiger partial charge is 0.386 e. The topological polar surface area (TPSA) is 364 Å². The fraction of sp³-hybridized carbons (Fsp3) is 0.500. The van der Waals surface area contributed by atoms with E-state index in [0.29, 0.717) is 11.3 Å². The van der Waals surface area contributed by atoms with E-state index in [-0.39, 0.29) is 98.2 Å². The second-order valence-electron chi connectivity index (χ2n) is 12.6. The van der Waals surface area contributed by atoms with Crippen LogP contribution in [0.15, 0.2) is 43.0 Å². The van der Waals surface area contributed by atoms with E-state index < -0.39 is 84.6 Å². The summed E-state index contributed by atoms with van der Waals surface area (Å²) < 4.78 is 62.1. The second kappa shape index (κ2) is 23.9. The fourth-order valence-electron chi connectivity index (χ4n) is 4.93. The number of fused-ring (bicyclic) bond motifs is 1. The number of aliphatic hydroxyl groups is 2. The van der Waals surface area contributed by atoms with E-state index >= 15 is 0 Å². The van der Waals surface area contributed by atoms with Gasteiger partial charge in [-0.1, -0.05) is 55.9 Å². The Bertz CT molecular complexity index is 2020. The first-order valence-electron chi connectivity index (χ1n) is 16.2. The monoisotopic (exact) mass is 892 g/mol. The van der Waals surface area contributed by atoms with E-state index in [1.54, 1.807) is 30.3 Å². The van der Waals surface area contributed by atoms with Crippen molar-refractivity contribution < 1.29 is 80.5 Å². The molecule has 2 unspecified atom stereocenters. The van der Waals surface area contributed by atoms with Crippen LogP contribution in [-0.4, -0.2) is 179 Å². The predicted molar refractivity (Wildman–Crippen MR) is 210 cm³/mol. The summed E-state index contributed by atoms with van der Waals surface area (Å²) in [5.41, 5.74) is 4.78. The van der Waals surface area contributed by atoms with Gasteiger partial charge in [0.1, 0.15) is 36.3 Å². The molecule has 4 rings (SSSR count). The molecule has 1 aliphatic heterocycles. The summed E-state index contributed by atoms with van der Waals surface area (Å²) in [6.07, 6.45) is -6.94. The zero-order valence-electron chi connectivity index (χ0n) is 32.5. The van der Waals surface area contributed by atoms with Crippen molar-refractivity contribution in [1.29, 1.82) is 0 Å². The van der Waals surface area contributed by atoms with E-state index in [0.717, 1.165) is 29.0 Å². The number of carbonyl (C=O) groups is 3. The third-order valence-electron chi connectivity index (χ3n) is 7.74. The summed E-state index contributed by atoms with van der Waals surface area (Å²) in [6, 6.07) is 8.58. The molecule has 59 heavy (non-hydrogen) atoms. The van der Waals surface area contributed by atoms with Gasteiger partial charge in [0.2, 0.25) is 16.9 Å². The zero-order chi connectivity index (χ0) is 41.5. The molecule has 0 saturated carbocycles. The van der Waals surface area contributed by atoms with Crippen molar-refractivity contribution in [1.82, 2.24) is 30.2 Å². The third-order valence-corrected chi connectivity index (χ3v) is 11.8. The van der Waals surface area contributed by atoms with Crippen LogP contribution in [0.1, 0.15) is 36.9 Å². The Kier molecular flexibility index (Phi) is 22.5. The summed E-state index contributed by atoms with van der Waals surface area (Å²) in [4.78, 5) is 87.7.